The zero-order chi connectivity index (χ0) is 15.1. The number of nitrogens with zero attached hydrogens (tertiary/aromatic N) is 2. The van der Waals surface area contributed by atoms with Gasteiger partial charge in [-0.05, 0) is 49.3 Å². The van der Waals surface area contributed by atoms with E-state index in [0.29, 0.717) is 25.3 Å². The van der Waals surface area contributed by atoms with Crippen LogP contribution in [0.25, 0.3) is 0 Å². The average Bonchev–Trinajstić information content (AvgIpc) is 2.52. The van der Waals surface area contributed by atoms with Crippen LogP contribution >= 0.6 is 0 Å². The van der Waals surface area contributed by atoms with Gasteiger partial charge in [0.1, 0.15) is 0 Å². The lowest BCUT2D eigenvalue weighted by Crippen LogP contribution is -2.40. The molecule has 1 unspecified atom stereocenters. The highest BCUT2D eigenvalue weighted by atomic mass is 16.4. The summed E-state index contributed by atoms with van der Waals surface area (Å²) in [6.45, 7) is 1.52. The fourth-order valence-corrected chi connectivity index (χ4v) is 2.81. The highest BCUT2D eigenvalue weighted by Gasteiger charge is 2.23. The molecule has 0 aromatic carbocycles. The quantitative estimate of drug-likeness (QED) is 0.871. The van der Waals surface area contributed by atoms with Crippen molar-refractivity contribution in [2.45, 2.75) is 38.5 Å². The number of pyridine rings is 1. The molecule has 114 valence electrons. The topological polar surface area (TPSA) is 70.5 Å². The number of rotatable bonds is 6. The Hall–Kier alpha value is -1.91. The number of carbonyl (C=O) groups excluding carboxylic acids is 1. The number of carboxylic acid groups (broad SMARTS) is 1. The third-order valence-electron chi connectivity index (χ3n) is 4.02. The third-order valence-corrected chi connectivity index (χ3v) is 4.02. The first-order valence-electron chi connectivity index (χ1n) is 7.53. The van der Waals surface area contributed by atoms with E-state index in [1.54, 1.807) is 12.4 Å². The van der Waals surface area contributed by atoms with E-state index in [-0.39, 0.29) is 12.3 Å². The Balaban J connectivity index is 1.77. The second-order valence-electron chi connectivity index (χ2n) is 5.64. The van der Waals surface area contributed by atoms with Gasteiger partial charge in [0, 0.05) is 38.3 Å². The molecule has 0 bridgehead atoms. The zero-order valence-electron chi connectivity index (χ0n) is 12.2. The molecule has 0 saturated carbocycles. The van der Waals surface area contributed by atoms with E-state index in [0.717, 1.165) is 31.4 Å². The lowest BCUT2D eigenvalue weighted by molar-refractivity contribution is -0.137. The Morgan fingerprint density at radius 2 is 2.05 bits per heavy atom. The number of amides is 1. The molecule has 1 amide bonds. The number of carboxylic acids is 1. The molecular formula is C16H22N2O3. The van der Waals surface area contributed by atoms with E-state index in [4.69, 9.17) is 5.11 Å². The van der Waals surface area contributed by atoms with Crippen molar-refractivity contribution in [3.63, 3.8) is 0 Å². The first-order chi connectivity index (χ1) is 10.1. The van der Waals surface area contributed by atoms with Crippen molar-refractivity contribution in [2.24, 2.45) is 5.92 Å². The van der Waals surface area contributed by atoms with Crippen molar-refractivity contribution >= 4 is 11.9 Å². The highest BCUT2D eigenvalue weighted by Crippen LogP contribution is 2.21. The second-order valence-corrected chi connectivity index (χ2v) is 5.64. The van der Waals surface area contributed by atoms with Gasteiger partial charge in [0.05, 0.1) is 0 Å². The van der Waals surface area contributed by atoms with Crippen molar-refractivity contribution in [3.05, 3.63) is 30.1 Å². The van der Waals surface area contributed by atoms with E-state index in [9.17, 15) is 9.59 Å². The average molecular weight is 290 g/mol. The molecule has 1 fully saturated rings. The van der Waals surface area contributed by atoms with Crippen LogP contribution in [0, 0.1) is 5.92 Å². The number of carbonyl (C=O) groups is 2. The van der Waals surface area contributed by atoms with Crippen LogP contribution < -0.4 is 0 Å². The van der Waals surface area contributed by atoms with Gasteiger partial charge in [-0.15, -0.1) is 0 Å². The molecule has 0 spiro atoms. The van der Waals surface area contributed by atoms with Crippen LogP contribution in [0.4, 0.5) is 0 Å². The fourth-order valence-electron chi connectivity index (χ4n) is 2.81. The third kappa shape index (κ3) is 5.17. The van der Waals surface area contributed by atoms with Gasteiger partial charge in [-0.25, -0.2) is 0 Å². The summed E-state index contributed by atoms with van der Waals surface area (Å²) in [5, 5.41) is 8.74. The maximum absolute atomic E-state index is 12.2. The second kappa shape index (κ2) is 7.76. The SMILES string of the molecule is O=C(O)CCC1CCCN(C(=O)CCc2ccncc2)C1. The summed E-state index contributed by atoms with van der Waals surface area (Å²) in [5.41, 5.74) is 1.12. The first-order valence-corrected chi connectivity index (χ1v) is 7.53. The molecule has 1 aromatic heterocycles. The molecule has 21 heavy (non-hydrogen) atoms. The number of hydrogen-bond acceptors (Lipinski definition) is 3. The maximum Gasteiger partial charge on any atom is 0.303 e. The predicted molar refractivity (Wildman–Crippen MR) is 78.7 cm³/mol. The van der Waals surface area contributed by atoms with Gasteiger partial charge in [0.2, 0.25) is 5.91 Å². The van der Waals surface area contributed by atoms with Crippen LogP contribution in [-0.2, 0) is 16.0 Å². The van der Waals surface area contributed by atoms with Crippen molar-refractivity contribution in [1.29, 1.82) is 0 Å². The van der Waals surface area contributed by atoms with Crippen LogP contribution in [0.5, 0.6) is 0 Å². The number of likely N-dealkylation sites (tertiary alicyclic amines) is 1. The van der Waals surface area contributed by atoms with Crippen LogP contribution in [0.3, 0.4) is 0 Å². The number of aliphatic carboxylic acids is 1. The van der Waals surface area contributed by atoms with E-state index in [2.05, 4.69) is 4.98 Å². The molecule has 5 nitrogen and oxygen atoms in total. The first kappa shape index (κ1) is 15.5. The molecule has 2 heterocycles. The summed E-state index contributed by atoms with van der Waals surface area (Å²) in [4.78, 5) is 28.7. The van der Waals surface area contributed by atoms with E-state index >= 15 is 0 Å². The summed E-state index contributed by atoms with van der Waals surface area (Å²) >= 11 is 0. The van der Waals surface area contributed by atoms with Gasteiger partial charge in [-0.1, -0.05) is 0 Å². The smallest absolute Gasteiger partial charge is 0.303 e. The van der Waals surface area contributed by atoms with Crippen LogP contribution in [0.2, 0.25) is 0 Å². The van der Waals surface area contributed by atoms with Gasteiger partial charge in [0.15, 0.2) is 0 Å². The van der Waals surface area contributed by atoms with Gasteiger partial charge < -0.3 is 10.0 Å². The molecule has 1 aromatic rings. The van der Waals surface area contributed by atoms with Gasteiger partial charge in [-0.2, -0.15) is 0 Å². The Labute approximate surface area is 125 Å². The number of aromatic nitrogens is 1. The standard InChI is InChI=1S/C16H22N2O3/c19-15(5-3-13-7-9-17-10-8-13)18-11-1-2-14(12-18)4-6-16(20)21/h7-10,14H,1-6,11-12H2,(H,20,21). The number of piperidine rings is 1. The molecule has 5 heteroatoms. The summed E-state index contributed by atoms with van der Waals surface area (Å²) in [6.07, 6.45) is 7.60. The Bertz CT molecular complexity index is 476. The van der Waals surface area contributed by atoms with Gasteiger partial charge in [-0.3, -0.25) is 14.6 Å². The lowest BCUT2D eigenvalue weighted by atomic mass is 9.93. The number of hydrogen-bond donors (Lipinski definition) is 1. The largest absolute Gasteiger partial charge is 0.481 e. The Kier molecular flexibility index (Phi) is 5.72. The fraction of sp³-hybridized carbons (Fsp3) is 0.562. The van der Waals surface area contributed by atoms with E-state index < -0.39 is 5.97 Å². The minimum atomic E-state index is -0.754. The molecule has 0 aliphatic carbocycles. The molecule has 1 aliphatic rings. The molecule has 1 atom stereocenters. The Morgan fingerprint density at radius 3 is 2.76 bits per heavy atom. The van der Waals surface area contributed by atoms with Crippen molar-refractivity contribution in [2.75, 3.05) is 13.1 Å². The highest BCUT2D eigenvalue weighted by molar-refractivity contribution is 5.76. The number of aryl methyl sites for hydroxylation is 1. The maximum atomic E-state index is 12.2. The monoisotopic (exact) mass is 290 g/mol. The van der Waals surface area contributed by atoms with Crippen LogP contribution in [0.1, 0.15) is 37.7 Å². The molecule has 1 N–H and O–H groups in total. The van der Waals surface area contributed by atoms with Gasteiger partial charge >= 0.3 is 5.97 Å². The lowest BCUT2D eigenvalue weighted by Gasteiger charge is -2.32. The van der Waals surface area contributed by atoms with Crippen LogP contribution in [0.15, 0.2) is 24.5 Å². The summed E-state index contributed by atoms with van der Waals surface area (Å²) in [7, 11) is 0. The summed E-state index contributed by atoms with van der Waals surface area (Å²) < 4.78 is 0. The predicted octanol–water partition coefficient (Wildman–Crippen LogP) is 2.12. The normalized spacial score (nSPS) is 18.5. The van der Waals surface area contributed by atoms with E-state index in [1.165, 1.54) is 0 Å². The molecule has 1 saturated heterocycles. The minimum Gasteiger partial charge on any atom is -0.481 e. The minimum absolute atomic E-state index is 0.173. The van der Waals surface area contributed by atoms with Crippen molar-refractivity contribution in [3.8, 4) is 0 Å². The van der Waals surface area contributed by atoms with Crippen LogP contribution in [-0.4, -0.2) is 40.0 Å². The molecular weight excluding hydrogens is 268 g/mol. The van der Waals surface area contributed by atoms with Crippen molar-refractivity contribution in [1.82, 2.24) is 9.88 Å². The summed E-state index contributed by atoms with van der Waals surface area (Å²) in [6, 6.07) is 3.86. The zero-order valence-corrected chi connectivity index (χ0v) is 12.2. The molecule has 2 rings (SSSR count). The molecule has 1 aliphatic heterocycles. The Morgan fingerprint density at radius 1 is 1.29 bits per heavy atom. The summed E-state index contributed by atoms with van der Waals surface area (Å²) in [5.74, 6) is -0.248. The molecule has 0 radical (unpaired) electrons. The van der Waals surface area contributed by atoms with Crippen molar-refractivity contribution < 1.29 is 14.7 Å². The van der Waals surface area contributed by atoms with Gasteiger partial charge in [0.25, 0.3) is 0 Å². The van der Waals surface area contributed by atoms with E-state index in [1.807, 2.05) is 17.0 Å².